The number of hydrogen-bond acceptors (Lipinski definition) is 3. The third-order valence-corrected chi connectivity index (χ3v) is 7.53. The second-order valence-corrected chi connectivity index (χ2v) is 9.96. The van der Waals surface area contributed by atoms with Crippen LogP contribution in [0.5, 0.6) is 0 Å². The third-order valence-electron chi connectivity index (χ3n) is 7.53. The van der Waals surface area contributed by atoms with Gasteiger partial charge in [0.05, 0.1) is 0 Å². The van der Waals surface area contributed by atoms with Gasteiger partial charge in [0, 0.05) is 42.8 Å². The fraction of sp³-hybridized carbons (Fsp3) is 0.692. The Labute approximate surface area is 187 Å². The van der Waals surface area contributed by atoms with Gasteiger partial charge in [0.1, 0.15) is 0 Å². The van der Waals surface area contributed by atoms with Crippen LogP contribution in [0.4, 0.5) is 5.69 Å². The van der Waals surface area contributed by atoms with Gasteiger partial charge in [0.25, 0.3) is 5.91 Å². The Bertz CT molecular complexity index is 730. The molecule has 170 valence electrons. The molecule has 4 rings (SSSR count). The van der Waals surface area contributed by atoms with Crippen molar-refractivity contribution in [3.05, 3.63) is 29.8 Å². The van der Waals surface area contributed by atoms with E-state index in [1.54, 1.807) is 0 Å². The highest BCUT2D eigenvalue weighted by atomic mass is 16.2. The highest BCUT2D eigenvalue weighted by Crippen LogP contribution is 2.26. The van der Waals surface area contributed by atoms with Gasteiger partial charge in [-0.05, 0) is 62.6 Å². The summed E-state index contributed by atoms with van der Waals surface area (Å²) in [6, 6.07) is 7.63. The minimum atomic E-state index is -0.0282. The number of carbonyl (C=O) groups excluding carboxylic acids is 2. The number of benzene rings is 1. The molecule has 2 saturated carbocycles. The van der Waals surface area contributed by atoms with Gasteiger partial charge in [0.2, 0.25) is 5.91 Å². The zero-order chi connectivity index (χ0) is 21.5. The number of piperidine rings is 1. The Hall–Kier alpha value is -1.88. The second kappa shape index (κ2) is 11.1. The van der Waals surface area contributed by atoms with Gasteiger partial charge in [-0.3, -0.25) is 9.59 Å². The molecular formula is C26H39N3O2. The van der Waals surface area contributed by atoms with Gasteiger partial charge in [-0.25, -0.2) is 0 Å². The van der Waals surface area contributed by atoms with Crippen molar-refractivity contribution in [2.75, 3.05) is 25.0 Å². The van der Waals surface area contributed by atoms with Crippen molar-refractivity contribution in [2.45, 2.75) is 83.1 Å². The third kappa shape index (κ3) is 6.55. The smallest absolute Gasteiger partial charge is 0.251 e. The van der Waals surface area contributed by atoms with Gasteiger partial charge in [-0.1, -0.05) is 44.6 Å². The van der Waals surface area contributed by atoms with E-state index in [1.165, 1.54) is 45.1 Å². The van der Waals surface area contributed by atoms with Gasteiger partial charge < -0.3 is 15.5 Å². The summed E-state index contributed by atoms with van der Waals surface area (Å²) in [5.41, 5.74) is 1.36. The number of likely N-dealkylation sites (tertiary alicyclic amines) is 1. The first-order valence-electron chi connectivity index (χ1n) is 12.6. The molecule has 0 aromatic heterocycles. The first-order chi connectivity index (χ1) is 15.2. The van der Waals surface area contributed by atoms with Crippen molar-refractivity contribution in [1.29, 1.82) is 0 Å². The Kier molecular flexibility index (Phi) is 8.01. The maximum Gasteiger partial charge on any atom is 0.251 e. The summed E-state index contributed by atoms with van der Waals surface area (Å²) in [7, 11) is 0. The van der Waals surface area contributed by atoms with E-state index in [9.17, 15) is 9.59 Å². The predicted molar refractivity (Wildman–Crippen MR) is 125 cm³/mol. The van der Waals surface area contributed by atoms with Crippen LogP contribution in [0.3, 0.4) is 0 Å². The van der Waals surface area contributed by atoms with Crippen LogP contribution in [-0.4, -0.2) is 42.4 Å². The highest BCUT2D eigenvalue weighted by Gasteiger charge is 2.24. The quantitative estimate of drug-likeness (QED) is 0.676. The summed E-state index contributed by atoms with van der Waals surface area (Å²) in [6.07, 6.45) is 14.5. The average Bonchev–Trinajstić information content (AvgIpc) is 2.82. The van der Waals surface area contributed by atoms with E-state index in [-0.39, 0.29) is 23.8 Å². The summed E-state index contributed by atoms with van der Waals surface area (Å²) in [5.74, 6) is 1.07. The number of hydrogen-bond donors (Lipinski definition) is 2. The first kappa shape index (κ1) is 22.3. The molecule has 1 aromatic carbocycles. The lowest BCUT2D eigenvalue weighted by atomic mass is 9.88. The Balaban J connectivity index is 1.23. The Morgan fingerprint density at radius 1 is 0.871 bits per heavy atom. The molecule has 0 unspecified atom stereocenters. The van der Waals surface area contributed by atoms with E-state index in [2.05, 4.69) is 15.5 Å². The first-order valence-corrected chi connectivity index (χ1v) is 12.6. The van der Waals surface area contributed by atoms with Crippen molar-refractivity contribution < 1.29 is 9.59 Å². The molecule has 0 radical (unpaired) electrons. The van der Waals surface area contributed by atoms with Gasteiger partial charge in [0.15, 0.2) is 0 Å². The largest absolute Gasteiger partial charge is 0.349 e. The molecule has 2 aliphatic carbocycles. The van der Waals surface area contributed by atoms with Crippen molar-refractivity contribution in [2.24, 2.45) is 11.8 Å². The number of nitrogens with zero attached hydrogens (tertiary/aromatic N) is 1. The molecule has 1 saturated heterocycles. The van der Waals surface area contributed by atoms with Crippen LogP contribution in [0.2, 0.25) is 0 Å². The van der Waals surface area contributed by atoms with Crippen molar-refractivity contribution in [1.82, 2.24) is 10.2 Å². The molecule has 1 aliphatic heterocycles. The molecule has 0 atom stereocenters. The average molecular weight is 426 g/mol. The molecule has 2 N–H and O–H groups in total. The topological polar surface area (TPSA) is 61.4 Å². The van der Waals surface area contributed by atoms with Crippen LogP contribution >= 0.6 is 0 Å². The molecule has 5 nitrogen and oxygen atoms in total. The number of nitrogens with one attached hydrogen (secondary N) is 2. The molecule has 0 bridgehead atoms. The zero-order valence-electron chi connectivity index (χ0n) is 18.9. The van der Waals surface area contributed by atoms with Crippen LogP contribution in [0.25, 0.3) is 0 Å². The van der Waals surface area contributed by atoms with E-state index < -0.39 is 0 Å². The molecule has 3 fully saturated rings. The lowest BCUT2D eigenvalue weighted by molar-refractivity contribution is -0.120. The lowest BCUT2D eigenvalue weighted by Crippen LogP contribution is -2.46. The minimum Gasteiger partial charge on any atom is -0.349 e. The number of amides is 2. The molecule has 1 heterocycles. The summed E-state index contributed by atoms with van der Waals surface area (Å²) < 4.78 is 0. The van der Waals surface area contributed by atoms with E-state index in [0.717, 1.165) is 63.2 Å². The van der Waals surface area contributed by atoms with Crippen LogP contribution in [-0.2, 0) is 4.79 Å². The molecular weight excluding hydrogens is 386 g/mol. The fourth-order valence-corrected chi connectivity index (χ4v) is 5.61. The Morgan fingerprint density at radius 2 is 1.55 bits per heavy atom. The van der Waals surface area contributed by atoms with Crippen LogP contribution in [0.1, 0.15) is 87.4 Å². The second-order valence-electron chi connectivity index (χ2n) is 9.96. The van der Waals surface area contributed by atoms with Crippen LogP contribution in [0.15, 0.2) is 24.3 Å². The fourth-order valence-electron chi connectivity index (χ4n) is 5.61. The van der Waals surface area contributed by atoms with Gasteiger partial charge in [-0.2, -0.15) is 0 Å². The molecule has 3 aliphatic rings. The van der Waals surface area contributed by atoms with Gasteiger partial charge in [-0.15, -0.1) is 0 Å². The number of rotatable bonds is 6. The van der Waals surface area contributed by atoms with Crippen molar-refractivity contribution in [3.63, 3.8) is 0 Å². The summed E-state index contributed by atoms with van der Waals surface area (Å²) in [6.45, 7) is 3.40. The summed E-state index contributed by atoms with van der Waals surface area (Å²) >= 11 is 0. The zero-order valence-corrected chi connectivity index (χ0v) is 18.9. The van der Waals surface area contributed by atoms with Crippen molar-refractivity contribution in [3.8, 4) is 0 Å². The minimum absolute atomic E-state index is 0.0282. The number of carbonyl (C=O) groups is 2. The Morgan fingerprint density at radius 3 is 2.26 bits per heavy atom. The maximum absolute atomic E-state index is 12.8. The van der Waals surface area contributed by atoms with E-state index in [0.29, 0.717) is 5.56 Å². The monoisotopic (exact) mass is 425 g/mol. The van der Waals surface area contributed by atoms with E-state index >= 15 is 0 Å². The maximum atomic E-state index is 12.8. The number of anilines is 1. The highest BCUT2D eigenvalue weighted by molar-refractivity contribution is 5.97. The van der Waals surface area contributed by atoms with Gasteiger partial charge >= 0.3 is 0 Å². The van der Waals surface area contributed by atoms with Crippen molar-refractivity contribution >= 4 is 17.5 Å². The van der Waals surface area contributed by atoms with E-state index in [4.69, 9.17) is 0 Å². The molecule has 0 spiro atoms. The van der Waals surface area contributed by atoms with Crippen LogP contribution < -0.4 is 10.6 Å². The summed E-state index contributed by atoms with van der Waals surface area (Å²) in [5, 5.41) is 6.25. The molecule has 1 aromatic rings. The summed E-state index contributed by atoms with van der Waals surface area (Å²) in [4.78, 5) is 27.9. The molecule has 31 heavy (non-hydrogen) atoms. The van der Waals surface area contributed by atoms with Crippen LogP contribution in [0, 0.1) is 11.8 Å². The van der Waals surface area contributed by atoms with E-state index in [1.807, 2.05) is 24.3 Å². The molecule has 2 amide bonds. The SMILES string of the molecule is O=C(NC1CCN(CC2CCCCC2)CC1)c1cccc(NC(=O)C2CCCCC2)c1. The standard InChI is InChI=1S/C26H39N3O2/c30-25(21-10-5-2-6-11-21)28-24-13-7-12-22(18-24)26(31)27-23-14-16-29(17-15-23)19-20-8-3-1-4-9-20/h7,12-13,18,20-21,23H,1-6,8-11,14-17,19H2,(H,27,31)(H,28,30). The normalized spacial score (nSPS) is 22.2. The lowest BCUT2D eigenvalue weighted by Gasteiger charge is -2.35. The predicted octanol–water partition coefficient (Wildman–Crippen LogP) is 4.98. The molecule has 5 heteroatoms.